The molecule has 0 aromatic rings. The van der Waals surface area contributed by atoms with E-state index in [1.54, 1.807) is 0 Å². The summed E-state index contributed by atoms with van der Waals surface area (Å²) in [5.41, 5.74) is -3.24. The van der Waals surface area contributed by atoms with E-state index in [1.807, 2.05) is 6.92 Å². The Labute approximate surface area is 289 Å². The quantitative estimate of drug-likeness (QED) is 0.162. The van der Waals surface area contributed by atoms with Crippen molar-refractivity contribution < 1.29 is 59.5 Å². The second-order valence-corrected chi connectivity index (χ2v) is 18.9. The van der Waals surface area contributed by atoms with E-state index in [4.69, 9.17) is 18.9 Å². The summed E-state index contributed by atoms with van der Waals surface area (Å²) in [6.07, 6.45) is -3.99. The Morgan fingerprint density at radius 1 is 0.898 bits per heavy atom. The van der Waals surface area contributed by atoms with Gasteiger partial charge >= 0.3 is 5.97 Å². The first-order chi connectivity index (χ1) is 22.5. The average molecular weight is 697 g/mol. The lowest BCUT2D eigenvalue weighted by Gasteiger charge is -2.63. The van der Waals surface area contributed by atoms with E-state index in [0.717, 1.165) is 44.9 Å². The van der Waals surface area contributed by atoms with E-state index in [0.29, 0.717) is 5.92 Å². The normalized spacial score (nSPS) is 56.7. The monoisotopic (exact) mass is 696 g/mol. The lowest BCUT2D eigenvalue weighted by Crippen LogP contribution is -2.66. The third kappa shape index (κ3) is 4.54. The van der Waals surface area contributed by atoms with Crippen LogP contribution in [0.2, 0.25) is 0 Å². The predicted molar refractivity (Wildman–Crippen MR) is 173 cm³/mol. The van der Waals surface area contributed by atoms with Crippen molar-refractivity contribution in [2.24, 2.45) is 50.7 Å². The maximum atomic E-state index is 12.6. The van der Waals surface area contributed by atoms with Gasteiger partial charge in [-0.15, -0.1) is 0 Å². The molecule has 2 aliphatic heterocycles. The van der Waals surface area contributed by atoms with E-state index in [-0.39, 0.29) is 34.9 Å². The van der Waals surface area contributed by atoms with Crippen molar-refractivity contribution in [2.45, 2.75) is 167 Å². The highest BCUT2D eigenvalue weighted by molar-refractivity contribution is 5.66. The molecule has 5 saturated carbocycles. The molecule has 2 heterocycles. The van der Waals surface area contributed by atoms with Crippen LogP contribution in [0.4, 0.5) is 0 Å². The molecular weight excluding hydrogens is 636 g/mol. The fraction of sp³-hybridized carbons (Fsp3) is 0.973. The van der Waals surface area contributed by atoms with E-state index in [9.17, 15) is 40.5 Å². The van der Waals surface area contributed by atoms with Crippen LogP contribution < -0.4 is 0 Å². The van der Waals surface area contributed by atoms with Crippen LogP contribution in [0.1, 0.15) is 100 Å². The van der Waals surface area contributed by atoms with E-state index in [1.165, 1.54) is 20.8 Å². The Balaban J connectivity index is 1.18. The Bertz CT molecular complexity index is 1330. The van der Waals surface area contributed by atoms with Crippen LogP contribution in [0, 0.1) is 50.7 Å². The number of hydrogen-bond acceptors (Lipinski definition) is 12. The Kier molecular flexibility index (Phi) is 8.22. The first-order valence-corrected chi connectivity index (χ1v) is 18.5. The largest absolute Gasteiger partial charge is 0.457 e. The number of aliphatic hydroxyl groups excluding tert-OH is 5. The van der Waals surface area contributed by atoms with Gasteiger partial charge < -0.3 is 54.7 Å². The molecule has 7 N–H and O–H groups in total. The number of aliphatic hydroxyl groups is 7. The van der Waals surface area contributed by atoms with Crippen LogP contribution in [0.15, 0.2) is 0 Å². The van der Waals surface area contributed by atoms with Gasteiger partial charge in [-0.25, -0.2) is 0 Å². The van der Waals surface area contributed by atoms with Crippen molar-refractivity contribution in [1.29, 1.82) is 0 Å². The molecular formula is C37H60O12. The summed E-state index contributed by atoms with van der Waals surface area (Å²) in [7, 11) is 0. The number of ether oxygens (including phenoxy) is 4. The molecule has 7 fully saturated rings. The van der Waals surface area contributed by atoms with Crippen molar-refractivity contribution >= 4 is 5.97 Å². The third-order valence-electron chi connectivity index (χ3n) is 16.1. The second-order valence-electron chi connectivity index (χ2n) is 18.9. The second kappa shape index (κ2) is 11.1. The molecule has 7 rings (SSSR count). The SMILES string of the molecule is CC(=O)OC(C1OC2(O)C(C(C)C1O)C1(C)CCC34CC35CCC(O[C@@H]3OC[C@@H](O)[C@H](O)[C@H]3O)C(C)(C)C5CCC4C1(C)C2O)C(C)(C)O. The first-order valence-electron chi connectivity index (χ1n) is 18.5. The molecule has 18 atom stereocenters. The van der Waals surface area contributed by atoms with Crippen LogP contribution in [-0.2, 0) is 23.7 Å². The molecule has 2 spiro atoms. The van der Waals surface area contributed by atoms with Crippen LogP contribution in [0.5, 0.6) is 0 Å². The molecule has 0 aromatic carbocycles. The van der Waals surface area contributed by atoms with Crippen molar-refractivity contribution in [2.75, 3.05) is 6.61 Å². The molecule has 280 valence electrons. The zero-order valence-electron chi connectivity index (χ0n) is 30.3. The number of esters is 1. The summed E-state index contributed by atoms with van der Waals surface area (Å²) in [4.78, 5) is 12.1. The van der Waals surface area contributed by atoms with Gasteiger partial charge in [0.15, 0.2) is 18.2 Å². The molecule has 5 aliphatic carbocycles. The summed E-state index contributed by atoms with van der Waals surface area (Å²) in [6, 6.07) is 0. The zero-order valence-corrected chi connectivity index (χ0v) is 30.3. The van der Waals surface area contributed by atoms with Gasteiger partial charge in [0.1, 0.15) is 30.5 Å². The van der Waals surface area contributed by atoms with Gasteiger partial charge in [0, 0.05) is 18.3 Å². The maximum Gasteiger partial charge on any atom is 0.303 e. The van der Waals surface area contributed by atoms with Crippen molar-refractivity contribution in [3.63, 3.8) is 0 Å². The number of fused-ring (bicyclic) bond motifs is 4. The summed E-state index contributed by atoms with van der Waals surface area (Å²) < 4.78 is 24.0. The summed E-state index contributed by atoms with van der Waals surface area (Å²) in [5.74, 6) is -3.44. The maximum absolute atomic E-state index is 12.6. The number of carbonyl (C=O) groups is 1. The van der Waals surface area contributed by atoms with Crippen LogP contribution in [0.25, 0.3) is 0 Å². The van der Waals surface area contributed by atoms with Crippen LogP contribution >= 0.6 is 0 Å². The number of rotatable bonds is 5. The Hall–Kier alpha value is -0.930. The van der Waals surface area contributed by atoms with Gasteiger partial charge in [0.25, 0.3) is 0 Å². The lowest BCUT2D eigenvalue weighted by atomic mass is 9.41. The lowest BCUT2D eigenvalue weighted by molar-refractivity contribution is -0.362. The van der Waals surface area contributed by atoms with Crippen molar-refractivity contribution in [3.05, 3.63) is 0 Å². The van der Waals surface area contributed by atoms with Crippen molar-refractivity contribution in [3.8, 4) is 0 Å². The van der Waals surface area contributed by atoms with Gasteiger partial charge in [-0.3, -0.25) is 4.79 Å². The topological polar surface area (TPSA) is 196 Å². The molecule has 2 saturated heterocycles. The molecule has 0 radical (unpaired) electrons. The standard InChI is InChI=1S/C37H60O12/c1-17-23(40)26(28(32(5,6)44)47-18(2)38)49-37(45)27(17)33(7)13-14-36-16-35(36)12-11-22(48-29-25(42)24(41)19(39)15-46-29)31(3,4)20(35)9-10-21(36)34(33,8)30(37)43/h17,19-30,39-45H,9-16H2,1-8H3/t17?,19-,20?,21?,22?,23?,24+,25-,26?,27?,28?,29+,30?,33?,34?,35?,36?,37?/m1/s1. The fourth-order valence-corrected chi connectivity index (χ4v) is 13.7. The molecule has 49 heavy (non-hydrogen) atoms. The highest BCUT2D eigenvalue weighted by atomic mass is 16.7. The van der Waals surface area contributed by atoms with Gasteiger partial charge in [0.2, 0.25) is 0 Å². The summed E-state index contributed by atoms with van der Waals surface area (Å²) >= 11 is 0. The van der Waals surface area contributed by atoms with Crippen LogP contribution in [0.3, 0.4) is 0 Å². The molecule has 14 unspecified atom stereocenters. The van der Waals surface area contributed by atoms with Gasteiger partial charge in [0.05, 0.1) is 24.4 Å². The summed E-state index contributed by atoms with van der Waals surface area (Å²) in [5, 5.41) is 78.7. The van der Waals surface area contributed by atoms with Crippen LogP contribution in [-0.4, -0.2) is 115 Å². The molecule has 12 heteroatoms. The zero-order chi connectivity index (χ0) is 36.1. The molecule has 0 amide bonds. The minimum atomic E-state index is -2.04. The van der Waals surface area contributed by atoms with E-state index >= 15 is 0 Å². The smallest absolute Gasteiger partial charge is 0.303 e. The van der Waals surface area contributed by atoms with Gasteiger partial charge in [-0.2, -0.15) is 0 Å². The summed E-state index contributed by atoms with van der Waals surface area (Å²) in [6.45, 7) is 14.6. The highest BCUT2D eigenvalue weighted by Crippen LogP contribution is 2.89. The number of hydrogen-bond donors (Lipinski definition) is 7. The minimum absolute atomic E-state index is 0.0251. The van der Waals surface area contributed by atoms with Gasteiger partial charge in [-0.05, 0) is 98.2 Å². The third-order valence-corrected chi connectivity index (χ3v) is 16.1. The highest BCUT2D eigenvalue weighted by Gasteiger charge is 2.87. The first kappa shape index (κ1) is 36.4. The fourth-order valence-electron chi connectivity index (χ4n) is 13.7. The molecule has 0 aromatic heterocycles. The number of carbonyl (C=O) groups excluding carboxylic acids is 1. The van der Waals surface area contributed by atoms with Gasteiger partial charge in [-0.1, -0.05) is 34.6 Å². The molecule has 0 bridgehead atoms. The average Bonchev–Trinajstić information content (AvgIpc) is 3.65. The van der Waals surface area contributed by atoms with E-state index < -0.39 is 89.0 Å². The van der Waals surface area contributed by atoms with E-state index in [2.05, 4.69) is 27.7 Å². The predicted octanol–water partition coefficient (Wildman–Crippen LogP) is 1.62. The minimum Gasteiger partial charge on any atom is -0.457 e. The Morgan fingerprint density at radius 2 is 1.53 bits per heavy atom. The van der Waals surface area contributed by atoms with Crippen molar-refractivity contribution in [1.82, 2.24) is 0 Å². The molecule has 12 nitrogen and oxygen atoms in total. The Morgan fingerprint density at radius 3 is 2.16 bits per heavy atom. The molecule has 7 aliphatic rings.